The molecular weight excluding hydrogens is 421 g/mol. The molecule has 1 fully saturated rings. The van der Waals surface area contributed by atoms with E-state index in [9.17, 15) is 9.90 Å². The molecule has 1 heterocycles. The van der Waals surface area contributed by atoms with Crippen molar-refractivity contribution in [1.82, 2.24) is 4.90 Å². The lowest BCUT2D eigenvalue weighted by Gasteiger charge is -2.44. The molecule has 1 aliphatic heterocycles. The van der Waals surface area contributed by atoms with Crippen LogP contribution in [0.4, 0.5) is 0 Å². The first-order valence-electron chi connectivity index (χ1n) is 10.4. The fraction of sp³-hybridized carbons (Fsp3) is 0.458. The largest absolute Gasteiger partial charge is 0.396 e. The van der Waals surface area contributed by atoms with Gasteiger partial charge < -0.3 is 14.7 Å². The molecule has 1 aliphatic rings. The van der Waals surface area contributed by atoms with Gasteiger partial charge in [-0.25, -0.2) is 0 Å². The molecule has 1 N–H and O–H groups in total. The van der Waals surface area contributed by atoms with E-state index < -0.39 is 6.10 Å². The van der Waals surface area contributed by atoms with Gasteiger partial charge in [0.1, 0.15) is 0 Å². The first-order valence-corrected chi connectivity index (χ1v) is 11.2. The number of carbonyl (C=O) groups is 1. The predicted molar refractivity (Wildman–Crippen MR) is 121 cm³/mol. The van der Waals surface area contributed by atoms with Crippen LogP contribution in [0.15, 0.2) is 48.5 Å². The summed E-state index contributed by atoms with van der Waals surface area (Å²) < 4.78 is 6.04. The maximum Gasteiger partial charge on any atom is 0.256 e. The standard InChI is InChI=1S/C24H29Cl2NO3/c1-17(2)30-22(18-7-4-3-5-8-18)23(29)27-13-6-11-24(16-27,12-14-28)19-9-10-20(25)21(26)15-19/h3-5,7-10,15,17,22,28H,6,11-14,16H2,1-2H3. The van der Waals surface area contributed by atoms with E-state index in [0.29, 0.717) is 29.6 Å². The summed E-state index contributed by atoms with van der Waals surface area (Å²) in [5.41, 5.74) is 1.49. The molecule has 2 aromatic carbocycles. The number of likely N-dealkylation sites (tertiary alicyclic amines) is 1. The SMILES string of the molecule is CC(C)OC(C(=O)N1CCCC(CCO)(c2ccc(Cl)c(Cl)c2)C1)c1ccccc1. The second-order valence-electron chi connectivity index (χ2n) is 8.22. The minimum absolute atomic E-state index is 0.0346. The second-order valence-corrected chi connectivity index (χ2v) is 9.04. The third-order valence-corrected chi connectivity index (χ3v) is 6.48. The Morgan fingerprint density at radius 3 is 2.53 bits per heavy atom. The molecule has 0 aliphatic carbocycles. The highest BCUT2D eigenvalue weighted by molar-refractivity contribution is 6.42. The number of aliphatic hydroxyl groups is 1. The molecule has 0 radical (unpaired) electrons. The lowest BCUT2D eigenvalue weighted by atomic mass is 9.71. The summed E-state index contributed by atoms with van der Waals surface area (Å²) in [7, 11) is 0. The molecule has 0 spiro atoms. The van der Waals surface area contributed by atoms with E-state index in [-0.39, 0.29) is 24.0 Å². The zero-order chi connectivity index (χ0) is 21.7. The van der Waals surface area contributed by atoms with Gasteiger partial charge in [-0.2, -0.15) is 0 Å². The fourth-order valence-corrected chi connectivity index (χ4v) is 4.59. The van der Waals surface area contributed by atoms with Crippen LogP contribution in [0.3, 0.4) is 0 Å². The number of rotatable bonds is 7. The lowest BCUT2D eigenvalue weighted by molar-refractivity contribution is -0.149. The van der Waals surface area contributed by atoms with Crippen LogP contribution in [0.1, 0.15) is 50.3 Å². The minimum atomic E-state index is -0.648. The van der Waals surface area contributed by atoms with Gasteiger partial charge in [0.05, 0.1) is 16.1 Å². The Bertz CT molecular complexity index is 855. The highest BCUT2D eigenvalue weighted by atomic mass is 35.5. The Hall–Kier alpha value is -1.59. The zero-order valence-electron chi connectivity index (χ0n) is 17.5. The molecule has 162 valence electrons. The van der Waals surface area contributed by atoms with Gasteiger partial charge in [-0.15, -0.1) is 0 Å². The number of aliphatic hydroxyl groups excluding tert-OH is 1. The Balaban J connectivity index is 1.91. The number of hydrogen-bond acceptors (Lipinski definition) is 3. The number of piperidine rings is 1. The molecule has 2 aromatic rings. The van der Waals surface area contributed by atoms with Crippen LogP contribution in [0.5, 0.6) is 0 Å². The van der Waals surface area contributed by atoms with E-state index in [2.05, 4.69) is 0 Å². The van der Waals surface area contributed by atoms with Crippen molar-refractivity contribution < 1.29 is 14.6 Å². The summed E-state index contributed by atoms with van der Waals surface area (Å²) in [5.74, 6) is -0.0445. The lowest BCUT2D eigenvalue weighted by Crippen LogP contribution is -2.50. The Labute approximate surface area is 188 Å². The second kappa shape index (κ2) is 10.1. The molecule has 0 bridgehead atoms. The van der Waals surface area contributed by atoms with Crippen molar-refractivity contribution in [2.45, 2.75) is 50.7 Å². The van der Waals surface area contributed by atoms with E-state index in [1.54, 1.807) is 6.07 Å². The van der Waals surface area contributed by atoms with Crippen molar-refractivity contribution in [3.05, 3.63) is 69.7 Å². The Morgan fingerprint density at radius 1 is 1.17 bits per heavy atom. The van der Waals surface area contributed by atoms with E-state index >= 15 is 0 Å². The fourth-order valence-electron chi connectivity index (χ4n) is 4.29. The molecule has 1 saturated heterocycles. The van der Waals surface area contributed by atoms with Gasteiger partial charge in [-0.05, 0) is 56.4 Å². The summed E-state index contributed by atoms with van der Waals surface area (Å²) in [5, 5.41) is 10.8. The molecule has 2 unspecified atom stereocenters. The topological polar surface area (TPSA) is 49.8 Å². The summed E-state index contributed by atoms with van der Waals surface area (Å²) >= 11 is 12.4. The summed E-state index contributed by atoms with van der Waals surface area (Å²) in [4.78, 5) is 15.4. The zero-order valence-corrected chi connectivity index (χ0v) is 19.0. The number of amides is 1. The maximum atomic E-state index is 13.6. The van der Waals surface area contributed by atoms with Crippen molar-refractivity contribution in [3.8, 4) is 0 Å². The molecule has 6 heteroatoms. The number of benzene rings is 2. The summed E-state index contributed by atoms with van der Waals surface area (Å²) in [6.07, 6.45) is 1.53. The van der Waals surface area contributed by atoms with Crippen LogP contribution in [-0.4, -0.2) is 41.7 Å². The van der Waals surface area contributed by atoms with Gasteiger partial charge >= 0.3 is 0 Å². The van der Waals surface area contributed by atoms with Crippen LogP contribution >= 0.6 is 23.2 Å². The maximum absolute atomic E-state index is 13.6. The van der Waals surface area contributed by atoms with Gasteiger partial charge in [0, 0.05) is 25.1 Å². The van der Waals surface area contributed by atoms with E-state index in [4.69, 9.17) is 27.9 Å². The molecule has 30 heavy (non-hydrogen) atoms. The summed E-state index contributed by atoms with van der Waals surface area (Å²) in [6.45, 7) is 5.08. The Morgan fingerprint density at radius 2 is 1.90 bits per heavy atom. The van der Waals surface area contributed by atoms with Crippen LogP contribution < -0.4 is 0 Å². The highest BCUT2D eigenvalue weighted by Crippen LogP contribution is 2.40. The van der Waals surface area contributed by atoms with Crippen LogP contribution in [-0.2, 0) is 14.9 Å². The van der Waals surface area contributed by atoms with Crippen molar-refractivity contribution in [3.63, 3.8) is 0 Å². The molecule has 0 saturated carbocycles. The average molecular weight is 450 g/mol. The quantitative estimate of drug-likeness (QED) is 0.615. The van der Waals surface area contributed by atoms with Crippen LogP contribution in [0, 0.1) is 0 Å². The number of hydrogen-bond donors (Lipinski definition) is 1. The monoisotopic (exact) mass is 449 g/mol. The molecule has 1 amide bonds. The van der Waals surface area contributed by atoms with Crippen molar-refractivity contribution in [2.75, 3.05) is 19.7 Å². The number of carbonyl (C=O) groups excluding carboxylic acids is 1. The van der Waals surface area contributed by atoms with Gasteiger partial charge in [-0.3, -0.25) is 4.79 Å². The van der Waals surface area contributed by atoms with Crippen molar-refractivity contribution in [1.29, 1.82) is 0 Å². The van der Waals surface area contributed by atoms with Gasteiger partial charge in [-0.1, -0.05) is 59.6 Å². The first kappa shape index (κ1) is 23.1. The van der Waals surface area contributed by atoms with Gasteiger partial charge in [0.25, 0.3) is 5.91 Å². The Kier molecular flexibility index (Phi) is 7.81. The van der Waals surface area contributed by atoms with Crippen molar-refractivity contribution in [2.24, 2.45) is 0 Å². The van der Waals surface area contributed by atoms with Crippen molar-refractivity contribution >= 4 is 29.1 Å². The predicted octanol–water partition coefficient (Wildman–Crippen LogP) is 5.40. The third-order valence-electron chi connectivity index (χ3n) is 5.75. The van der Waals surface area contributed by atoms with E-state index in [1.165, 1.54) is 0 Å². The smallest absolute Gasteiger partial charge is 0.256 e. The van der Waals surface area contributed by atoms with Gasteiger partial charge in [0.15, 0.2) is 6.10 Å². The molecule has 2 atom stereocenters. The number of nitrogens with zero attached hydrogens (tertiary/aromatic N) is 1. The number of halogens is 2. The molecule has 4 nitrogen and oxygen atoms in total. The van der Waals surface area contributed by atoms with Crippen LogP contribution in [0.25, 0.3) is 0 Å². The molecule has 3 rings (SSSR count). The molecular formula is C24H29Cl2NO3. The summed E-state index contributed by atoms with van der Waals surface area (Å²) in [6, 6.07) is 15.2. The average Bonchev–Trinajstić information content (AvgIpc) is 2.74. The van der Waals surface area contributed by atoms with Gasteiger partial charge in [0.2, 0.25) is 0 Å². The normalized spacial score (nSPS) is 20.4. The van der Waals surface area contributed by atoms with Crippen LogP contribution in [0.2, 0.25) is 10.0 Å². The third kappa shape index (κ3) is 5.17. The minimum Gasteiger partial charge on any atom is -0.396 e. The first-order chi connectivity index (χ1) is 14.4. The highest BCUT2D eigenvalue weighted by Gasteiger charge is 2.40. The molecule has 0 aromatic heterocycles. The van der Waals surface area contributed by atoms with E-state index in [0.717, 1.165) is 24.0 Å². The number of ether oxygens (including phenoxy) is 1. The van der Waals surface area contributed by atoms with E-state index in [1.807, 2.05) is 61.2 Å².